The SMILES string of the molecule is COc1cc(C=O)cc(Br)c1Oc1nc(SC)nc2c1CCC2. The number of thioether (sulfide) groups is 1. The summed E-state index contributed by atoms with van der Waals surface area (Å²) in [6, 6.07) is 3.34. The zero-order valence-electron chi connectivity index (χ0n) is 12.8. The average molecular weight is 395 g/mol. The summed E-state index contributed by atoms with van der Waals surface area (Å²) >= 11 is 4.93. The molecule has 1 aliphatic carbocycles. The van der Waals surface area contributed by atoms with Crippen molar-refractivity contribution in [2.45, 2.75) is 24.4 Å². The fourth-order valence-corrected chi connectivity index (χ4v) is 3.47. The molecule has 23 heavy (non-hydrogen) atoms. The standard InChI is InChI=1S/C16H15BrN2O3S/c1-21-13-7-9(8-20)6-11(17)14(13)22-15-10-4-3-5-12(10)18-16(19-15)23-2/h6-8H,3-5H2,1-2H3. The minimum Gasteiger partial charge on any atom is -0.493 e. The highest BCUT2D eigenvalue weighted by Gasteiger charge is 2.23. The lowest BCUT2D eigenvalue weighted by Crippen LogP contribution is -2.01. The van der Waals surface area contributed by atoms with Crippen LogP contribution in [0.25, 0.3) is 0 Å². The van der Waals surface area contributed by atoms with Crippen molar-refractivity contribution in [2.75, 3.05) is 13.4 Å². The summed E-state index contributed by atoms with van der Waals surface area (Å²) in [7, 11) is 1.54. The van der Waals surface area contributed by atoms with Crippen molar-refractivity contribution < 1.29 is 14.3 Å². The van der Waals surface area contributed by atoms with Crippen LogP contribution in [0.5, 0.6) is 17.4 Å². The zero-order valence-corrected chi connectivity index (χ0v) is 15.2. The molecule has 120 valence electrons. The first kappa shape index (κ1) is 16.3. The lowest BCUT2D eigenvalue weighted by molar-refractivity contribution is 0.112. The fourth-order valence-electron chi connectivity index (χ4n) is 2.56. The summed E-state index contributed by atoms with van der Waals surface area (Å²) in [6.07, 6.45) is 5.62. The predicted molar refractivity (Wildman–Crippen MR) is 92.0 cm³/mol. The van der Waals surface area contributed by atoms with Gasteiger partial charge in [0.2, 0.25) is 5.88 Å². The Morgan fingerprint density at radius 3 is 2.83 bits per heavy atom. The first-order valence-electron chi connectivity index (χ1n) is 7.10. The van der Waals surface area contributed by atoms with Crippen LogP contribution in [0.15, 0.2) is 21.8 Å². The Bertz CT molecular complexity index is 767. The second-order valence-corrected chi connectivity index (χ2v) is 6.68. The van der Waals surface area contributed by atoms with E-state index in [0.29, 0.717) is 32.6 Å². The van der Waals surface area contributed by atoms with Gasteiger partial charge in [-0.25, -0.2) is 4.98 Å². The smallest absolute Gasteiger partial charge is 0.227 e. The van der Waals surface area contributed by atoms with Crippen molar-refractivity contribution >= 4 is 34.0 Å². The fraction of sp³-hybridized carbons (Fsp3) is 0.312. The number of rotatable bonds is 5. The van der Waals surface area contributed by atoms with Gasteiger partial charge in [-0.3, -0.25) is 4.79 Å². The van der Waals surface area contributed by atoms with Crippen molar-refractivity contribution in [2.24, 2.45) is 0 Å². The molecule has 3 rings (SSSR count). The van der Waals surface area contributed by atoms with Crippen LogP contribution < -0.4 is 9.47 Å². The number of hydrogen-bond acceptors (Lipinski definition) is 6. The van der Waals surface area contributed by atoms with E-state index in [4.69, 9.17) is 9.47 Å². The van der Waals surface area contributed by atoms with Gasteiger partial charge in [-0.05, 0) is 53.6 Å². The van der Waals surface area contributed by atoms with Crippen molar-refractivity contribution in [3.8, 4) is 17.4 Å². The van der Waals surface area contributed by atoms with E-state index in [1.807, 2.05) is 6.26 Å². The maximum Gasteiger partial charge on any atom is 0.227 e. The molecule has 1 aromatic carbocycles. The average Bonchev–Trinajstić information content (AvgIpc) is 3.04. The molecule has 0 spiro atoms. The third-order valence-electron chi connectivity index (χ3n) is 3.64. The van der Waals surface area contributed by atoms with E-state index in [0.717, 1.165) is 36.8 Å². The molecule has 0 aliphatic heterocycles. The molecular weight excluding hydrogens is 380 g/mol. The summed E-state index contributed by atoms with van der Waals surface area (Å²) in [5, 5.41) is 0.695. The van der Waals surface area contributed by atoms with Crippen LogP contribution in [-0.2, 0) is 12.8 Å². The number of carbonyl (C=O) groups excluding carboxylic acids is 1. The van der Waals surface area contributed by atoms with Gasteiger partial charge in [-0.2, -0.15) is 4.98 Å². The van der Waals surface area contributed by atoms with Gasteiger partial charge in [0, 0.05) is 11.1 Å². The van der Waals surface area contributed by atoms with Crippen LogP contribution >= 0.6 is 27.7 Å². The highest BCUT2D eigenvalue weighted by atomic mass is 79.9. The van der Waals surface area contributed by atoms with Crippen LogP contribution in [0.1, 0.15) is 28.0 Å². The quantitative estimate of drug-likeness (QED) is 0.432. The lowest BCUT2D eigenvalue weighted by atomic mass is 10.2. The molecule has 1 heterocycles. The van der Waals surface area contributed by atoms with Gasteiger partial charge in [0.05, 0.1) is 17.3 Å². The van der Waals surface area contributed by atoms with Gasteiger partial charge >= 0.3 is 0 Å². The normalized spacial score (nSPS) is 12.8. The molecule has 0 saturated carbocycles. The van der Waals surface area contributed by atoms with Gasteiger partial charge in [0.15, 0.2) is 16.7 Å². The minimum atomic E-state index is 0.484. The number of aromatic nitrogens is 2. The number of benzene rings is 1. The molecular formula is C16H15BrN2O3S. The molecule has 0 N–H and O–H groups in total. The molecule has 0 amide bonds. The summed E-state index contributed by atoms with van der Waals surface area (Å²) in [5.74, 6) is 1.56. The maximum atomic E-state index is 11.0. The predicted octanol–water partition coefficient (Wildman–Crippen LogP) is 4.06. The van der Waals surface area contributed by atoms with E-state index >= 15 is 0 Å². The molecule has 1 aliphatic rings. The summed E-state index contributed by atoms with van der Waals surface area (Å²) < 4.78 is 12.1. The molecule has 0 atom stereocenters. The number of carbonyl (C=O) groups is 1. The second-order valence-electron chi connectivity index (χ2n) is 5.05. The van der Waals surface area contributed by atoms with Crippen LogP contribution in [-0.4, -0.2) is 29.6 Å². The summed E-state index contributed by atoms with van der Waals surface area (Å²) in [4.78, 5) is 20.0. The van der Waals surface area contributed by atoms with E-state index in [1.165, 1.54) is 11.8 Å². The Morgan fingerprint density at radius 1 is 1.30 bits per heavy atom. The van der Waals surface area contributed by atoms with Crippen LogP contribution in [0.3, 0.4) is 0 Å². The number of fused-ring (bicyclic) bond motifs is 1. The van der Waals surface area contributed by atoms with Crippen LogP contribution in [0.2, 0.25) is 0 Å². The summed E-state index contributed by atoms with van der Waals surface area (Å²) in [5.41, 5.74) is 2.62. The van der Waals surface area contributed by atoms with Gasteiger partial charge < -0.3 is 9.47 Å². The van der Waals surface area contributed by atoms with Crippen LogP contribution in [0, 0.1) is 0 Å². The van der Waals surface area contributed by atoms with Gasteiger partial charge in [0.25, 0.3) is 0 Å². The van der Waals surface area contributed by atoms with E-state index in [-0.39, 0.29) is 0 Å². The number of aryl methyl sites for hydroxylation is 1. The lowest BCUT2D eigenvalue weighted by Gasteiger charge is -2.14. The molecule has 0 radical (unpaired) electrons. The molecule has 0 fully saturated rings. The van der Waals surface area contributed by atoms with Crippen molar-refractivity contribution in [1.29, 1.82) is 0 Å². The molecule has 5 nitrogen and oxygen atoms in total. The number of hydrogen-bond donors (Lipinski definition) is 0. The van der Waals surface area contributed by atoms with Crippen molar-refractivity contribution in [3.63, 3.8) is 0 Å². The van der Waals surface area contributed by atoms with E-state index in [2.05, 4.69) is 25.9 Å². The third-order valence-corrected chi connectivity index (χ3v) is 4.78. The Balaban J connectivity index is 2.06. The number of aldehydes is 1. The Hall–Kier alpha value is -1.60. The molecule has 2 aromatic rings. The Labute approximate surface area is 146 Å². The third kappa shape index (κ3) is 3.21. The molecule has 1 aromatic heterocycles. The van der Waals surface area contributed by atoms with E-state index < -0.39 is 0 Å². The Morgan fingerprint density at radius 2 is 2.13 bits per heavy atom. The second kappa shape index (κ2) is 6.88. The van der Waals surface area contributed by atoms with Crippen LogP contribution in [0.4, 0.5) is 0 Å². The molecule has 7 heteroatoms. The van der Waals surface area contributed by atoms with Gasteiger partial charge in [-0.1, -0.05) is 11.8 Å². The highest BCUT2D eigenvalue weighted by molar-refractivity contribution is 9.10. The molecule has 0 saturated heterocycles. The Kier molecular flexibility index (Phi) is 4.87. The molecule has 0 unspecified atom stereocenters. The number of methoxy groups -OCH3 is 1. The minimum absolute atomic E-state index is 0.484. The molecule has 0 bridgehead atoms. The number of nitrogens with zero attached hydrogens (tertiary/aromatic N) is 2. The van der Waals surface area contributed by atoms with Crippen molar-refractivity contribution in [3.05, 3.63) is 33.4 Å². The first-order chi connectivity index (χ1) is 11.2. The maximum absolute atomic E-state index is 11.0. The number of halogens is 1. The topological polar surface area (TPSA) is 61.3 Å². The van der Waals surface area contributed by atoms with E-state index in [9.17, 15) is 4.79 Å². The van der Waals surface area contributed by atoms with E-state index in [1.54, 1.807) is 19.2 Å². The van der Waals surface area contributed by atoms with Gasteiger partial charge in [-0.15, -0.1) is 0 Å². The number of ether oxygens (including phenoxy) is 2. The first-order valence-corrected chi connectivity index (χ1v) is 9.12. The highest BCUT2D eigenvalue weighted by Crippen LogP contribution is 2.41. The largest absolute Gasteiger partial charge is 0.493 e. The zero-order chi connectivity index (χ0) is 16.4. The monoisotopic (exact) mass is 394 g/mol. The summed E-state index contributed by atoms with van der Waals surface area (Å²) in [6.45, 7) is 0. The van der Waals surface area contributed by atoms with Gasteiger partial charge in [0.1, 0.15) is 6.29 Å². The van der Waals surface area contributed by atoms with Crippen molar-refractivity contribution in [1.82, 2.24) is 9.97 Å².